The second kappa shape index (κ2) is 12.8. The van der Waals surface area contributed by atoms with Gasteiger partial charge in [-0.1, -0.05) is 56.8 Å². The molecule has 0 radical (unpaired) electrons. The van der Waals surface area contributed by atoms with E-state index in [0.717, 1.165) is 28.2 Å². The number of benzene rings is 3. The van der Waals surface area contributed by atoms with Crippen LogP contribution in [0.2, 0.25) is 0 Å². The van der Waals surface area contributed by atoms with Crippen LogP contribution in [0, 0.1) is 0 Å². The van der Waals surface area contributed by atoms with Crippen molar-refractivity contribution in [2.75, 3.05) is 7.11 Å². The highest BCUT2D eigenvalue weighted by atomic mass is 16.5. The van der Waals surface area contributed by atoms with Crippen molar-refractivity contribution in [3.8, 4) is 11.5 Å². The molecule has 0 saturated carbocycles. The van der Waals surface area contributed by atoms with E-state index in [1.165, 1.54) is 7.11 Å². The van der Waals surface area contributed by atoms with Crippen LogP contribution in [-0.2, 0) is 18.0 Å². The van der Waals surface area contributed by atoms with Gasteiger partial charge < -0.3 is 14.2 Å². The molecule has 3 rings (SSSR count). The molecule has 5 heteroatoms. The van der Waals surface area contributed by atoms with Crippen molar-refractivity contribution in [2.24, 2.45) is 0 Å². The van der Waals surface area contributed by atoms with Crippen molar-refractivity contribution < 1.29 is 19.0 Å². The molecule has 31 heavy (non-hydrogen) atoms. The number of hydrogen-bond acceptors (Lipinski definition) is 4. The highest BCUT2D eigenvalue weighted by Gasteiger charge is 2.05. The topological polar surface area (TPSA) is 56.8 Å². The van der Waals surface area contributed by atoms with Crippen molar-refractivity contribution in [1.82, 2.24) is 5.32 Å². The number of rotatable bonds is 8. The van der Waals surface area contributed by atoms with E-state index in [1.54, 1.807) is 0 Å². The third kappa shape index (κ3) is 7.90. The van der Waals surface area contributed by atoms with Gasteiger partial charge in [0.05, 0.1) is 7.11 Å². The van der Waals surface area contributed by atoms with Crippen molar-refractivity contribution in [1.29, 1.82) is 0 Å². The van der Waals surface area contributed by atoms with Gasteiger partial charge in [-0.15, -0.1) is 0 Å². The molecule has 3 aromatic carbocycles. The second-order valence-corrected chi connectivity index (χ2v) is 6.33. The molecule has 0 aliphatic rings. The molecule has 0 fully saturated rings. The number of carbonyl (C=O) groups excluding carboxylic acids is 1. The Balaban J connectivity index is 0.00000166. The van der Waals surface area contributed by atoms with E-state index >= 15 is 0 Å². The molecule has 0 heterocycles. The van der Waals surface area contributed by atoms with Crippen molar-refractivity contribution in [3.05, 3.63) is 102 Å². The number of alkyl carbamates (subject to hydrolysis) is 1. The van der Waals surface area contributed by atoms with Crippen LogP contribution in [0.3, 0.4) is 0 Å². The molecule has 1 N–H and O–H groups in total. The fraction of sp³-hybridized carbons (Fsp3) is 0.192. The number of amides is 1. The predicted octanol–water partition coefficient (Wildman–Crippen LogP) is 6.20. The molecule has 1 amide bonds. The molecule has 0 unspecified atom stereocenters. The highest BCUT2D eigenvalue weighted by molar-refractivity contribution is 5.80. The minimum Gasteiger partial charge on any atom is -0.489 e. The summed E-state index contributed by atoms with van der Waals surface area (Å²) in [6.07, 6.45) is -0.550. The zero-order valence-electron chi connectivity index (χ0n) is 18.3. The number of hydrogen-bond donors (Lipinski definition) is 1. The zero-order valence-corrected chi connectivity index (χ0v) is 18.3. The Kier molecular flexibility index (Phi) is 9.69. The van der Waals surface area contributed by atoms with Crippen LogP contribution in [0.4, 0.5) is 4.79 Å². The standard InChI is InChI=1S/C24H23NO4.C2H6/c1-18(25-24(26)27-2)21-11-13-23(14-12-21)29-17-20-8-6-7-19(15-20)16-28-22-9-4-3-5-10-22;1-2/h3-15H,1,16-17H2,2H3,(H,25,26);1-2H3. The van der Waals surface area contributed by atoms with Crippen molar-refractivity contribution >= 4 is 11.8 Å². The van der Waals surface area contributed by atoms with Gasteiger partial charge in [-0.2, -0.15) is 0 Å². The molecule has 0 aliphatic carbocycles. The van der Waals surface area contributed by atoms with Gasteiger partial charge in [0, 0.05) is 5.70 Å². The first-order valence-electron chi connectivity index (χ1n) is 10.2. The summed E-state index contributed by atoms with van der Waals surface area (Å²) in [7, 11) is 1.31. The Hall–Kier alpha value is -3.73. The van der Waals surface area contributed by atoms with Gasteiger partial charge in [-0.05, 0) is 59.2 Å². The van der Waals surface area contributed by atoms with Crippen LogP contribution in [0.1, 0.15) is 30.5 Å². The maximum Gasteiger partial charge on any atom is 0.411 e. The lowest BCUT2D eigenvalue weighted by atomic mass is 10.1. The van der Waals surface area contributed by atoms with Crippen LogP contribution >= 0.6 is 0 Å². The van der Waals surface area contributed by atoms with Crippen molar-refractivity contribution in [3.63, 3.8) is 0 Å². The third-order valence-corrected chi connectivity index (χ3v) is 4.19. The first-order valence-corrected chi connectivity index (χ1v) is 10.2. The Morgan fingerprint density at radius 1 is 0.806 bits per heavy atom. The van der Waals surface area contributed by atoms with Gasteiger partial charge in [0.15, 0.2) is 0 Å². The minimum absolute atomic E-state index is 0.444. The van der Waals surface area contributed by atoms with Crippen LogP contribution in [0.25, 0.3) is 5.70 Å². The number of carbonyl (C=O) groups is 1. The quantitative estimate of drug-likeness (QED) is 0.472. The van der Waals surface area contributed by atoms with Gasteiger partial charge in [0.2, 0.25) is 0 Å². The molecule has 3 aromatic rings. The van der Waals surface area contributed by atoms with Crippen molar-refractivity contribution in [2.45, 2.75) is 27.1 Å². The first kappa shape index (κ1) is 23.5. The molecule has 0 bridgehead atoms. The van der Waals surface area contributed by atoms with E-state index in [1.807, 2.05) is 86.6 Å². The summed E-state index contributed by atoms with van der Waals surface area (Å²) in [5, 5.41) is 2.54. The molecule has 0 aliphatic heterocycles. The smallest absolute Gasteiger partial charge is 0.411 e. The van der Waals surface area contributed by atoms with Crippen LogP contribution in [0.15, 0.2) is 85.4 Å². The lowest BCUT2D eigenvalue weighted by Crippen LogP contribution is -2.20. The lowest BCUT2D eigenvalue weighted by Gasteiger charge is -2.11. The summed E-state index contributed by atoms with van der Waals surface area (Å²) in [5.41, 5.74) is 3.38. The van der Waals surface area contributed by atoms with Gasteiger partial charge >= 0.3 is 6.09 Å². The number of para-hydroxylation sites is 1. The maximum atomic E-state index is 11.2. The lowest BCUT2D eigenvalue weighted by molar-refractivity contribution is 0.176. The predicted molar refractivity (Wildman–Crippen MR) is 124 cm³/mol. The third-order valence-electron chi connectivity index (χ3n) is 4.19. The van der Waals surface area contributed by atoms with E-state index in [9.17, 15) is 4.79 Å². The normalized spacial score (nSPS) is 9.65. The molecule has 5 nitrogen and oxygen atoms in total. The monoisotopic (exact) mass is 419 g/mol. The minimum atomic E-state index is -0.550. The largest absolute Gasteiger partial charge is 0.489 e. The summed E-state index contributed by atoms with van der Waals surface area (Å²) in [4.78, 5) is 11.2. The summed E-state index contributed by atoms with van der Waals surface area (Å²) >= 11 is 0. The second-order valence-electron chi connectivity index (χ2n) is 6.33. The van der Waals surface area contributed by atoms with Crippen LogP contribution in [0.5, 0.6) is 11.5 Å². The summed E-state index contributed by atoms with van der Waals surface area (Å²) < 4.78 is 16.2. The van der Waals surface area contributed by atoms with Gasteiger partial charge in [0.25, 0.3) is 0 Å². The van der Waals surface area contributed by atoms with E-state index in [4.69, 9.17) is 9.47 Å². The molecule has 162 valence electrons. The van der Waals surface area contributed by atoms with Crippen LogP contribution in [-0.4, -0.2) is 13.2 Å². The summed E-state index contributed by atoms with van der Waals surface area (Å²) in [6, 6.07) is 25.2. The Bertz CT molecular complexity index is 953. The Morgan fingerprint density at radius 2 is 1.35 bits per heavy atom. The number of methoxy groups -OCH3 is 1. The van der Waals surface area contributed by atoms with E-state index in [-0.39, 0.29) is 0 Å². The van der Waals surface area contributed by atoms with Crippen LogP contribution < -0.4 is 14.8 Å². The maximum absolute atomic E-state index is 11.2. The Morgan fingerprint density at radius 3 is 1.90 bits per heavy atom. The molecular formula is C26H29NO4. The molecule has 0 aromatic heterocycles. The fourth-order valence-corrected chi connectivity index (χ4v) is 2.66. The zero-order chi connectivity index (χ0) is 22.5. The number of nitrogens with one attached hydrogen (secondary N) is 1. The van der Waals surface area contributed by atoms with Gasteiger partial charge in [-0.3, -0.25) is 5.32 Å². The summed E-state index contributed by atoms with van der Waals surface area (Å²) in [6.45, 7) is 8.77. The fourth-order valence-electron chi connectivity index (χ4n) is 2.66. The highest BCUT2D eigenvalue weighted by Crippen LogP contribution is 2.18. The average Bonchev–Trinajstić information content (AvgIpc) is 2.84. The molecular weight excluding hydrogens is 390 g/mol. The number of ether oxygens (including phenoxy) is 3. The van der Waals surface area contributed by atoms with E-state index in [0.29, 0.717) is 18.9 Å². The van der Waals surface area contributed by atoms with E-state index < -0.39 is 6.09 Å². The average molecular weight is 420 g/mol. The molecule has 0 spiro atoms. The van der Waals surface area contributed by atoms with Gasteiger partial charge in [0.1, 0.15) is 24.7 Å². The molecule has 0 saturated heterocycles. The SMILES string of the molecule is C=C(NC(=O)OC)c1ccc(OCc2cccc(COc3ccccc3)c2)cc1.CC. The van der Waals surface area contributed by atoms with E-state index in [2.05, 4.69) is 22.7 Å². The molecule has 0 atom stereocenters. The Labute approximate surface area is 184 Å². The summed E-state index contributed by atoms with van der Waals surface area (Å²) in [5.74, 6) is 1.57. The first-order chi connectivity index (χ1) is 15.1. The van der Waals surface area contributed by atoms with Gasteiger partial charge in [-0.25, -0.2) is 4.79 Å².